The van der Waals surface area contributed by atoms with Crippen molar-refractivity contribution in [2.24, 2.45) is 17.8 Å². The van der Waals surface area contributed by atoms with Crippen molar-refractivity contribution in [3.8, 4) is 0 Å². The Kier molecular flexibility index (Phi) is 20.1. The molecule has 0 aromatic rings. The van der Waals surface area contributed by atoms with Gasteiger partial charge in [-0.1, -0.05) is 45.4 Å². The Morgan fingerprint density at radius 1 is 0.864 bits per heavy atom. The van der Waals surface area contributed by atoms with Gasteiger partial charge in [0, 0.05) is 39.0 Å². The summed E-state index contributed by atoms with van der Waals surface area (Å²) in [6.45, 7) is 6.71. The third-order valence-corrected chi connectivity index (χ3v) is 12.1. The quantitative estimate of drug-likeness (QED) is 0.0634. The minimum atomic E-state index is -1.57. The lowest BCUT2D eigenvalue weighted by atomic mass is 9.75. The molecule has 0 aromatic heterocycles. The molecule has 7 unspecified atom stereocenters. The lowest BCUT2D eigenvalue weighted by molar-refractivity contribution is -0.308. The number of aliphatic hydroxyl groups excluding tert-OH is 5. The number of carbonyl (C=O) groups is 4. The van der Waals surface area contributed by atoms with Crippen LogP contribution >= 0.6 is 0 Å². The molecule has 2 aliphatic heterocycles. The summed E-state index contributed by atoms with van der Waals surface area (Å²) in [7, 11) is 0. The number of carboxylic acids is 1. The van der Waals surface area contributed by atoms with Crippen molar-refractivity contribution in [2.75, 3.05) is 39.5 Å². The first kappa shape index (κ1) is 49.1. The predicted molar refractivity (Wildman–Crippen MR) is 207 cm³/mol. The van der Waals surface area contributed by atoms with Crippen LogP contribution in [0.4, 0.5) is 0 Å². The molecular formula is C40H69N3O16. The van der Waals surface area contributed by atoms with E-state index in [9.17, 15) is 49.8 Å². The zero-order valence-corrected chi connectivity index (χ0v) is 34.8. The smallest absolute Gasteiger partial charge is 0.332 e. The van der Waals surface area contributed by atoms with Gasteiger partial charge in [0.25, 0.3) is 0 Å². The molecule has 0 radical (unpaired) electrons. The van der Waals surface area contributed by atoms with Crippen LogP contribution < -0.4 is 16.0 Å². The first-order valence-corrected chi connectivity index (χ1v) is 21.4. The molecule has 2 aliphatic carbocycles. The Bertz CT molecular complexity index is 1320. The fourth-order valence-electron chi connectivity index (χ4n) is 8.75. The van der Waals surface area contributed by atoms with Crippen LogP contribution in [0.3, 0.4) is 0 Å². The number of ether oxygens (including phenoxy) is 6. The molecule has 59 heavy (non-hydrogen) atoms. The van der Waals surface area contributed by atoms with Crippen molar-refractivity contribution in [3.05, 3.63) is 0 Å². The Hall–Kier alpha value is -2.56. The lowest BCUT2D eigenvalue weighted by Crippen LogP contribution is -2.67. The van der Waals surface area contributed by atoms with E-state index in [1.165, 1.54) is 6.92 Å². The number of rotatable bonds is 21. The molecular weight excluding hydrogens is 778 g/mol. The Morgan fingerprint density at radius 2 is 1.58 bits per heavy atom. The molecule has 0 spiro atoms. The summed E-state index contributed by atoms with van der Waals surface area (Å²) < 4.78 is 36.4. The van der Waals surface area contributed by atoms with Gasteiger partial charge < -0.3 is 75.0 Å². The molecule has 0 bridgehead atoms. The van der Waals surface area contributed by atoms with Crippen molar-refractivity contribution < 1.29 is 78.2 Å². The first-order chi connectivity index (χ1) is 28.2. The summed E-state index contributed by atoms with van der Waals surface area (Å²) in [5, 5.41) is 71.8. The molecule has 2 saturated carbocycles. The van der Waals surface area contributed by atoms with E-state index in [2.05, 4.69) is 16.0 Å². The molecule has 4 fully saturated rings. The summed E-state index contributed by atoms with van der Waals surface area (Å²) in [5.41, 5.74) is 0. The van der Waals surface area contributed by atoms with Crippen LogP contribution in [0.1, 0.15) is 91.9 Å². The van der Waals surface area contributed by atoms with Gasteiger partial charge in [0.1, 0.15) is 48.8 Å². The normalized spacial score (nSPS) is 36.0. The van der Waals surface area contributed by atoms with E-state index < -0.39 is 104 Å². The van der Waals surface area contributed by atoms with E-state index in [0.29, 0.717) is 19.4 Å². The molecule has 4 rings (SSSR count). The zero-order chi connectivity index (χ0) is 43.2. The Morgan fingerprint density at radius 3 is 2.22 bits per heavy atom. The molecule has 19 heteroatoms. The minimum absolute atomic E-state index is 0.0590. The van der Waals surface area contributed by atoms with Crippen LogP contribution in [0.15, 0.2) is 0 Å². The van der Waals surface area contributed by atoms with E-state index in [1.807, 2.05) is 13.8 Å². The average molecular weight is 848 g/mol. The highest BCUT2D eigenvalue weighted by Crippen LogP contribution is 2.39. The number of nitrogens with one attached hydrogen (secondary N) is 3. The van der Waals surface area contributed by atoms with Gasteiger partial charge in [-0.25, -0.2) is 4.79 Å². The second-order valence-electron chi connectivity index (χ2n) is 16.4. The number of carboxylic acid groups (broad SMARTS) is 1. The molecule has 15 atom stereocenters. The van der Waals surface area contributed by atoms with E-state index in [1.54, 1.807) is 6.92 Å². The minimum Gasteiger partial charge on any atom is -0.479 e. The lowest BCUT2D eigenvalue weighted by Gasteiger charge is -2.48. The van der Waals surface area contributed by atoms with E-state index >= 15 is 0 Å². The van der Waals surface area contributed by atoms with E-state index in [4.69, 9.17) is 28.4 Å². The number of amides is 3. The van der Waals surface area contributed by atoms with Gasteiger partial charge in [-0.15, -0.1) is 0 Å². The SMILES string of the molecule is CCOCCC(=O)NCCNC(=O)C1CC(CC)[C@@H](OC[C@@H]2OC(C)[C@@H](O)[C@H](O)C2O)[C@H](O[C@@H]2OC(CO)[C@H](O)C(O[C@@H](CC3CCCCC3)C(=O)O)C2NC(C)=O)C1. The van der Waals surface area contributed by atoms with Crippen molar-refractivity contribution in [1.82, 2.24) is 16.0 Å². The van der Waals surface area contributed by atoms with Gasteiger partial charge in [0.15, 0.2) is 12.4 Å². The standard InChI is InChI=1S/C40H69N3O16/c1-5-24-17-25(38(51)42-14-13-41-30(46)12-15-54-6-2)18-26(36(24)55-20-29-33(48)35(50)32(47)21(3)56-29)58-40-31(43-22(4)45)37(34(49)28(19-44)59-40)57-27(39(52)53)16-23-10-8-7-9-11-23/h21,23-29,31-37,40,44,47-50H,5-20H2,1-4H3,(H,41,46)(H,42,51)(H,43,45)(H,52,53)/t21?,24?,25?,26-,27+,28?,29+,31?,32-,33?,34+,35+,36-,37?,40-/m1/s1. The number of aliphatic carboxylic acids is 1. The zero-order valence-electron chi connectivity index (χ0n) is 34.8. The van der Waals surface area contributed by atoms with Crippen LogP contribution in [-0.4, -0.2) is 173 Å². The second-order valence-corrected chi connectivity index (χ2v) is 16.4. The summed E-state index contributed by atoms with van der Waals surface area (Å²) >= 11 is 0. The van der Waals surface area contributed by atoms with Gasteiger partial charge in [0.05, 0.1) is 38.1 Å². The fourth-order valence-corrected chi connectivity index (χ4v) is 8.75. The summed E-state index contributed by atoms with van der Waals surface area (Å²) in [4.78, 5) is 51.1. The maximum Gasteiger partial charge on any atom is 0.332 e. The molecule has 19 nitrogen and oxygen atoms in total. The molecule has 0 aromatic carbocycles. The third-order valence-electron chi connectivity index (χ3n) is 12.1. The summed E-state index contributed by atoms with van der Waals surface area (Å²) in [5.74, 6) is -3.20. The molecule has 340 valence electrons. The third kappa shape index (κ3) is 14.0. The van der Waals surface area contributed by atoms with Crippen LogP contribution in [0.5, 0.6) is 0 Å². The average Bonchev–Trinajstić information content (AvgIpc) is 3.21. The van der Waals surface area contributed by atoms with Crippen LogP contribution in [-0.2, 0) is 47.6 Å². The van der Waals surface area contributed by atoms with Crippen LogP contribution in [0.25, 0.3) is 0 Å². The molecule has 4 aliphatic rings. The number of carbonyl (C=O) groups excluding carboxylic acids is 3. The molecule has 9 N–H and O–H groups in total. The Labute approximate surface area is 346 Å². The highest BCUT2D eigenvalue weighted by atomic mass is 16.7. The Balaban J connectivity index is 1.59. The van der Waals surface area contributed by atoms with Gasteiger partial charge >= 0.3 is 5.97 Å². The predicted octanol–water partition coefficient (Wildman–Crippen LogP) is -0.886. The second kappa shape index (κ2) is 24.2. The highest BCUT2D eigenvalue weighted by Gasteiger charge is 2.52. The van der Waals surface area contributed by atoms with Crippen molar-refractivity contribution >= 4 is 23.7 Å². The van der Waals surface area contributed by atoms with Crippen molar-refractivity contribution in [3.63, 3.8) is 0 Å². The fraction of sp³-hybridized carbons (Fsp3) is 0.900. The van der Waals surface area contributed by atoms with Gasteiger partial charge in [0.2, 0.25) is 17.7 Å². The topological polar surface area (TPSA) is 281 Å². The first-order valence-electron chi connectivity index (χ1n) is 21.4. The van der Waals surface area contributed by atoms with Gasteiger partial charge in [-0.05, 0) is 44.9 Å². The van der Waals surface area contributed by atoms with Gasteiger partial charge in [-0.2, -0.15) is 0 Å². The van der Waals surface area contributed by atoms with Crippen molar-refractivity contribution in [1.29, 1.82) is 0 Å². The maximum atomic E-state index is 13.7. The molecule has 3 amide bonds. The largest absolute Gasteiger partial charge is 0.479 e. The number of hydrogen-bond acceptors (Lipinski definition) is 15. The summed E-state index contributed by atoms with van der Waals surface area (Å²) in [6.07, 6.45) is -9.00. The van der Waals surface area contributed by atoms with E-state index in [0.717, 1.165) is 32.1 Å². The van der Waals surface area contributed by atoms with Crippen LogP contribution in [0.2, 0.25) is 0 Å². The number of aliphatic hydroxyl groups is 5. The summed E-state index contributed by atoms with van der Waals surface area (Å²) in [6, 6.07) is -1.28. The van der Waals surface area contributed by atoms with Gasteiger partial charge in [-0.3, -0.25) is 14.4 Å². The van der Waals surface area contributed by atoms with Crippen LogP contribution in [0, 0.1) is 17.8 Å². The van der Waals surface area contributed by atoms with Crippen molar-refractivity contribution in [2.45, 2.75) is 171 Å². The number of hydrogen-bond donors (Lipinski definition) is 9. The molecule has 2 saturated heterocycles. The monoisotopic (exact) mass is 847 g/mol. The van der Waals surface area contributed by atoms with E-state index in [-0.39, 0.29) is 69.2 Å². The molecule has 2 heterocycles. The highest BCUT2D eigenvalue weighted by molar-refractivity contribution is 5.79. The maximum absolute atomic E-state index is 13.7.